The van der Waals surface area contributed by atoms with Crippen molar-refractivity contribution in [2.45, 2.75) is 18.4 Å². The Morgan fingerprint density at radius 1 is 1.28 bits per heavy atom. The maximum atomic E-state index is 13.2. The van der Waals surface area contributed by atoms with Gasteiger partial charge in [-0.25, -0.2) is 4.79 Å². The largest absolute Gasteiger partial charge is 0.496 e. The quantitative estimate of drug-likeness (QED) is 0.427. The highest BCUT2D eigenvalue weighted by Gasteiger charge is 2.19. The number of ether oxygens (including phenoxy) is 3. The van der Waals surface area contributed by atoms with E-state index < -0.39 is 5.97 Å². The van der Waals surface area contributed by atoms with Crippen molar-refractivity contribution in [3.05, 3.63) is 43.3 Å². The van der Waals surface area contributed by atoms with Crippen molar-refractivity contribution in [1.29, 1.82) is 0 Å². The number of nitrogens with zero attached hydrogens (tertiary/aromatic N) is 2. The lowest BCUT2D eigenvalue weighted by Gasteiger charge is -2.26. The molecule has 1 aromatic heterocycles. The minimum atomic E-state index is -0.557. The highest BCUT2D eigenvalue weighted by Crippen LogP contribution is 2.28. The van der Waals surface area contributed by atoms with E-state index in [1.54, 1.807) is 36.8 Å². The van der Waals surface area contributed by atoms with Crippen molar-refractivity contribution in [2.24, 2.45) is 0 Å². The molecule has 0 spiro atoms. The van der Waals surface area contributed by atoms with E-state index in [2.05, 4.69) is 0 Å². The number of benzene rings is 1. The summed E-state index contributed by atoms with van der Waals surface area (Å²) in [5.74, 6) is -0.0351. The van der Waals surface area contributed by atoms with Crippen LogP contribution in [0.3, 0.4) is 0 Å². The molecule has 1 aliphatic rings. The third kappa shape index (κ3) is 5.81. The summed E-state index contributed by atoms with van der Waals surface area (Å²) in [6, 6.07) is 5.67. The number of methoxy groups -OCH3 is 1. The lowest BCUT2D eigenvalue weighted by Crippen LogP contribution is -2.45. The van der Waals surface area contributed by atoms with Gasteiger partial charge in [-0.3, -0.25) is 14.2 Å². The van der Waals surface area contributed by atoms with Gasteiger partial charge in [0, 0.05) is 18.0 Å². The molecule has 0 bridgehead atoms. The molecule has 172 valence electrons. The molecule has 1 fully saturated rings. The van der Waals surface area contributed by atoms with E-state index in [0.29, 0.717) is 41.2 Å². The summed E-state index contributed by atoms with van der Waals surface area (Å²) in [6.07, 6.45) is 4.96. The first-order chi connectivity index (χ1) is 15.5. The summed E-state index contributed by atoms with van der Waals surface area (Å²) >= 11 is 2.71. The van der Waals surface area contributed by atoms with Gasteiger partial charge in [0.25, 0.3) is 5.56 Å². The van der Waals surface area contributed by atoms with Crippen LogP contribution in [-0.4, -0.2) is 67.6 Å². The highest BCUT2D eigenvalue weighted by atomic mass is 32.2. The number of hydrogen-bond donors (Lipinski definition) is 0. The Morgan fingerprint density at radius 3 is 2.69 bits per heavy atom. The van der Waals surface area contributed by atoms with Crippen LogP contribution in [0.15, 0.2) is 27.9 Å². The van der Waals surface area contributed by atoms with E-state index in [1.807, 2.05) is 24.5 Å². The Labute approximate surface area is 194 Å². The Bertz CT molecular complexity index is 1150. The molecular formula is C22H26N2O6S2. The van der Waals surface area contributed by atoms with Gasteiger partial charge in [0.1, 0.15) is 17.0 Å². The van der Waals surface area contributed by atoms with E-state index >= 15 is 0 Å². The van der Waals surface area contributed by atoms with Gasteiger partial charge in [0.05, 0.1) is 37.5 Å². The van der Waals surface area contributed by atoms with Crippen molar-refractivity contribution >= 4 is 47.1 Å². The van der Waals surface area contributed by atoms with Crippen LogP contribution < -0.4 is 19.5 Å². The number of carbonyl (C=O) groups excluding carboxylic acids is 2. The van der Waals surface area contributed by atoms with E-state index in [-0.39, 0.29) is 24.6 Å². The number of morpholine rings is 1. The van der Waals surface area contributed by atoms with Gasteiger partial charge in [-0.2, -0.15) is 0 Å². The Morgan fingerprint density at radius 2 is 2.03 bits per heavy atom. The molecule has 32 heavy (non-hydrogen) atoms. The molecule has 0 aliphatic carbocycles. The summed E-state index contributed by atoms with van der Waals surface area (Å²) in [5, 5.41) is 0. The summed E-state index contributed by atoms with van der Waals surface area (Å²) in [7, 11) is 1.60. The van der Waals surface area contributed by atoms with Gasteiger partial charge in [-0.05, 0) is 37.0 Å². The predicted molar refractivity (Wildman–Crippen MR) is 125 cm³/mol. The van der Waals surface area contributed by atoms with Crippen molar-refractivity contribution < 1.29 is 23.8 Å². The normalized spacial score (nSPS) is 15.2. The molecule has 0 unspecified atom stereocenters. The second-order valence-electron chi connectivity index (χ2n) is 6.84. The van der Waals surface area contributed by atoms with Gasteiger partial charge in [-0.1, -0.05) is 6.07 Å². The van der Waals surface area contributed by atoms with Crippen LogP contribution in [0, 0.1) is 0 Å². The zero-order chi connectivity index (χ0) is 23.1. The molecule has 0 radical (unpaired) electrons. The first kappa shape index (κ1) is 24.1. The molecule has 2 heterocycles. The number of thiazole rings is 1. The zero-order valence-corrected chi connectivity index (χ0v) is 19.9. The molecular weight excluding hydrogens is 452 g/mol. The number of aromatic nitrogens is 1. The maximum Gasteiger partial charge on any atom is 0.333 e. The van der Waals surface area contributed by atoms with Crippen LogP contribution in [0.1, 0.15) is 12.5 Å². The molecule has 10 heteroatoms. The van der Waals surface area contributed by atoms with Gasteiger partial charge in [-0.15, -0.1) is 23.1 Å². The molecule has 0 atom stereocenters. The van der Waals surface area contributed by atoms with Crippen LogP contribution in [0.5, 0.6) is 5.75 Å². The zero-order valence-electron chi connectivity index (χ0n) is 18.3. The molecule has 0 N–H and O–H groups in total. The fourth-order valence-electron chi connectivity index (χ4n) is 3.22. The Balaban J connectivity index is 2.04. The van der Waals surface area contributed by atoms with Crippen molar-refractivity contribution in [1.82, 2.24) is 9.47 Å². The smallest absolute Gasteiger partial charge is 0.333 e. The van der Waals surface area contributed by atoms with Crippen LogP contribution in [0.2, 0.25) is 0 Å². The average Bonchev–Trinajstić information content (AvgIpc) is 3.08. The van der Waals surface area contributed by atoms with E-state index in [4.69, 9.17) is 14.2 Å². The van der Waals surface area contributed by atoms with Crippen molar-refractivity contribution in [2.75, 3.05) is 46.3 Å². The summed E-state index contributed by atoms with van der Waals surface area (Å²) in [6.45, 7) is 3.68. The molecule has 1 saturated heterocycles. The predicted octanol–water partition coefficient (Wildman–Crippen LogP) is 0.672. The third-order valence-corrected chi connectivity index (χ3v) is 6.66. The number of rotatable bonds is 7. The Hall–Kier alpha value is -2.56. The number of esters is 1. The molecule has 3 rings (SSSR count). The standard InChI is InChI=1S/C22H26N2O6S2/c1-4-30-21(26)13-20-24(14-19(25)23-7-9-29-10-8-23)22(27)18(32-20)12-15-5-6-17(31-3)16(11-15)28-2/h5-6,11-13H,4,7-10,14H2,1-3H3/b18-12+,20-13+. The second kappa shape index (κ2) is 11.3. The van der Waals surface area contributed by atoms with Crippen LogP contribution in [-0.2, 0) is 25.6 Å². The van der Waals surface area contributed by atoms with Gasteiger partial charge >= 0.3 is 5.97 Å². The SMILES string of the molecule is CCOC(=O)/C=c1/s/c(=C/c2ccc(SC)c(OC)c2)c(=O)n1CC(=O)N1CCOCC1. The van der Waals surface area contributed by atoms with Gasteiger partial charge in [0.2, 0.25) is 5.91 Å². The summed E-state index contributed by atoms with van der Waals surface area (Å²) < 4.78 is 17.8. The average molecular weight is 479 g/mol. The van der Waals surface area contributed by atoms with Crippen LogP contribution in [0.25, 0.3) is 12.2 Å². The number of hydrogen-bond acceptors (Lipinski definition) is 8. The van der Waals surface area contributed by atoms with Crippen molar-refractivity contribution in [3.8, 4) is 5.75 Å². The van der Waals surface area contributed by atoms with Crippen molar-refractivity contribution in [3.63, 3.8) is 0 Å². The summed E-state index contributed by atoms with van der Waals surface area (Å²) in [4.78, 5) is 40.6. The van der Waals surface area contributed by atoms with Crippen LogP contribution >= 0.6 is 23.1 Å². The minimum Gasteiger partial charge on any atom is -0.496 e. The fourth-order valence-corrected chi connectivity index (χ4v) is 4.80. The lowest BCUT2D eigenvalue weighted by atomic mass is 10.2. The first-order valence-corrected chi connectivity index (χ1v) is 12.2. The minimum absolute atomic E-state index is 0.150. The van der Waals surface area contributed by atoms with Gasteiger partial charge < -0.3 is 19.1 Å². The fraction of sp³-hybridized carbons (Fsp3) is 0.409. The Kier molecular flexibility index (Phi) is 8.54. The third-order valence-electron chi connectivity index (χ3n) is 4.83. The lowest BCUT2D eigenvalue weighted by molar-refractivity contribution is -0.136. The second-order valence-corrected chi connectivity index (χ2v) is 8.75. The monoisotopic (exact) mass is 478 g/mol. The molecule has 2 aromatic rings. The highest BCUT2D eigenvalue weighted by molar-refractivity contribution is 7.98. The summed E-state index contributed by atoms with van der Waals surface area (Å²) in [5.41, 5.74) is 0.451. The molecule has 1 aliphatic heterocycles. The topological polar surface area (TPSA) is 87.1 Å². The maximum absolute atomic E-state index is 13.2. The molecule has 1 amide bonds. The van der Waals surface area contributed by atoms with E-state index in [1.165, 1.54) is 10.6 Å². The number of thioether (sulfide) groups is 1. The molecule has 8 nitrogen and oxygen atoms in total. The first-order valence-electron chi connectivity index (χ1n) is 10.1. The van der Waals surface area contributed by atoms with E-state index in [0.717, 1.165) is 21.8 Å². The van der Waals surface area contributed by atoms with E-state index in [9.17, 15) is 14.4 Å². The molecule has 1 aromatic carbocycles. The molecule has 0 saturated carbocycles. The van der Waals surface area contributed by atoms with Gasteiger partial charge in [0.15, 0.2) is 0 Å². The number of amides is 1. The number of carbonyl (C=O) groups is 2. The van der Waals surface area contributed by atoms with Crippen LogP contribution in [0.4, 0.5) is 0 Å².